The molecule has 3 nitrogen and oxygen atoms in total. The van der Waals surface area contributed by atoms with Gasteiger partial charge in [0.2, 0.25) is 0 Å². The number of carbonyl (C=O) groups is 1. The summed E-state index contributed by atoms with van der Waals surface area (Å²) in [5.74, 6) is 0.00106. The number of likely N-dealkylation sites (tertiary alicyclic amines) is 1. The largest absolute Gasteiger partial charge is 0.494 e. The number of ether oxygens (including phenoxy) is 1. The van der Waals surface area contributed by atoms with E-state index in [-0.39, 0.29) is 17.7 Å². The van der Waals surface area contributed by atoms with Crippen molar-refractivity contribution in [1.82, 2.24) is 4.90 Å². The number of nitrogens with zero attached hydrogens (tertiary/aromatic N) is 1. The first kappa shape index (κ1) is 14.3. The topological polar surface area (TPSA) is 29.5 Å². The van der Waals surface area contributed by atoms with Crippen LogP contribution in [0, 0.1) is 11.7 Å². The molecule has 1 fully saturated rings. The second-order valence-corrected chi connectivity index (χ2v) is 5.48. The molecule has 0 aromatic heterocycles. The van der Waals surface area contributed by atoms with Crippen LogP contribution in [0.1, 0.15) is 23.7 Å². The molecular formula is C14H17BrFNO2. The summed E-state index contributed by atoms with van der Waals surface area (Å²) in [6.45, 7) is 2.86. The van der Waals surface area contributed by atoms with Crippen molar-refractivity contribution in [2.75, 3.05) is 19.0 Å². The van der Waals surface area contributed by atoms with Crippen LogP contribution in [-0.4, -0.2) is 35.8 Å². The lowest BCUT2D eigenvalue weighted by atomic mass is 10.0. The molecule has 2 rings (SSSR count). The maximum absolute atomic E-state index is 13.6. The molecule has 0 aliphatic carbocycles. The lowest BCUT2D eigenvalue weighted by Gasteiger charge is -2.25. The Labute approximate surface area is 120 Å². The maximum atomic E-state index is 13.6. The molecule has 0 saturated carbocycles. The number of hydrogen-bond acceptors (Lipinski definition) is 2. The first-order valence-electron chi connectivity index (χ1n) is 6.29. The zero-order valence-corrected chi connectivity index (χ0v) is 12.6. The van der Waals surface area contributed by atoms with E-state index in [2.05, 4.69) is 22.9 Å². The molecule has 1 saturated heterocycles. The van der Waals surface area contributed by atoms with E-state index >= 15 is 0 Å². The van der Waals surface area contributed by atoms with Crippen LogP contribution in [0.15, 0.2) is 18.2 Å². The van der Waals surface area contributed by atoms with E-state index in [0.29, 0.717) is 11.5 Å². The van der Waals surface area contributed by atoms with Crippen LogP contribution in [0.25, 0.3) is 0 Å². The third-order valence-corrected chi connectivity index (χ3v) is 4.36. The normalized spacial score (nSPS) is 22.6. The highest BCUT2D eigenvalue weighted by molar-refractivity contribution is 9.09. The van der Waals surface area contributed by atoms with Crippen molar-refractivity contribution in [2.45, 2.75) is 19.4 Å². The van der Waals surface area contributed by atoms with Crippen molar-refractivity contribution in [3.8, 4) is 5.75 Å². The van der Waals surface area contributed by atoms with Crippen LogP contribution in [-0.2, 0) is 0 Å². The van der Waals surface area contributed by atoms with Gasteiger partial charge in [0.15, 0.2) is 11.6 Å². The molecule has 2 unspecified atom stereocenters. The van der Waals surface area contributed by atoms with Gasteiger partial charge in [-0.05, 0) is 30.5 Å². The Balaban J connectivity index is 2.22. The number of methoxy groups -OCH3 is 1. The van der Waals surface area contributed by atoms with Gasteiger partial charge in [0.1, 0.15) is 0 Å². The first-order chi connectivity index (χ1) is 9.08. The van der Waals surface area contributed by atoms with Gasteiger partial charge in [-0.15, -0.1) is 0 Å². The van der Waals surface area contributed by atoms with Gasteiger partial charge in [-0.25, -0.2) is 4.39 Å². The molecule has 0 radical (unpaired) electrons. The highest BCUT2D eigenvalue weighted by Crippen LogP contribution is 2.28. The second kappa shape index (κ2) is 5.90. The van der Waals surface area contributed by atoms with Crippen molar-refractivity contribution in [2.24, 2.45) is 5.92 Å². The van der Waals surface area contributed by atoms with Crippen molar-refractivity contribution in [3.63, 3.8) is 0 Å². The summed E-state index contributed by atoms with van der Waals surface area (Å²) in [6, 6.07) is 4.52. The van der Waals surface area contributed by atoms with Gasteiger partial charge in [-0.3, -0.25) is 4.79 Å². The number of benzene rings is 1. The molecule has 1 aliphatic heterocycles. The minimum absolute atomic E-state index is 0.115. The molecule has 0 bridgehead atoms. The Morgan fingerprint density at radius 1 is 1.58 bits per heavy atom. The second-order valence-electron chi connectivity index (χ2n) is 4.84. The van der Waals surface area contributed by atoms with Gasteiger partial charge in [0, 0.05) is 23.5 Å². The molecule has 0 N–H and O–H groups in total. The van der Waals surface area contributed by atoms with Crippen molar-refractivity contribution < 1.29 is 13.9 Å². The van der Waals surface area contributed by atoms with Crippen LogP contribution >= 0.6 is 15.9 Å². The Morgan fingerprint density at radius 3 is 2.89 bits per heavy atom. The van der Waals surface area contributed by atoms with Gasteiger partial charge >= 0.3 is 0 Å². The Bertz CT molecular complexity index is 481. The fourth-order valence-electron chi connectivity index (χ4n) is 2.46. The molecule has 104 valence electrons. The summed E-state index contributed by atoms with van der Waals surface area (Å²) in [5, 5.41) is 0.749. The minimum atomic E-state index is -0.504. The predicted molar refractivity (Wildman–Crippen MR) is 75.4 cm³/mol. The van der Waals surface area contributed by atoms with E-state index in [9.17, 15) is 9.18 Å². The van der Waals surface area contributed by atoms with Gasteiger partial charge in [-0.2, -0.15) is 0 Å². The first-order valence-corrected chi connectivity index (χ1v) is 7.41. The van der Waals surface area contributed by atoms with Crippen molar-refractivity contribution in [1.29, 1.82) is 0 Å². The Kier molecular flexibility index (Phi) is 4.45. The highest BCUT2D eigenvalue weighted by Gasteiger charge is 2.34. The van der Waals surface area contributed by atoms with E-state index in [4.69, 9.17) is 4.74 Å². The lowest BCUT2D eigenvalue weighted by Crippen LogP contribution is -2.38. The van der Waals surface area contributed by atoms with Crippen LogP contribution in [0.4, 0.5) is 4.39 Å². The van der Waals surface area contributed by atoms with Crippen molar-refractivity contribution in [3.05, 3.63) is 29.6 Å². The van der Waals surface area contributed by atoms with Gasteiger partial charge in [-0.1, -0.05) is 22.9 Å². The number of hydrogen-bond donors (Lipinski definition) is 0. The predicted octanol–water partition coefficient (Wildman–Crippen LogP) is 3.08. The summed E-state index contributed by atoms with van der Waals surface area (Å²) >= 11 is 3.45. The summed E-state index contributed by atoms with van der Waals surface area (Å²) in [4.78, 5) is 14.2. The molecule has 0 spiro atoms. The van der Waals surface area contributed by atoms with E-state index in [1.54, 1.807) is 6.07 Å². The Morgan fingerprint density at radius 2 is 2.32 bits per heavy atom. The average molecular weight is 330 g/mol. The summed E-state index contributed by atoms with van der Waals surface area (Å²) < 4.78 is 18.5. The number of carbonyl (C=O) groups excluding carboxylic acids is 1. The zero-order chi connectivity index (χ0) is 14.0. The third kappa shape index (κ3) is 2.76. The van der Waals surface area contributed by atoms with Crippen LogP contribution < -0.4 is 4.74 Å². The summed E-state index contributed by atoms with van der Waals surface area (Å²) in [6.07, 6.45) is 0.987. The molecule has 1 heterocycles. The number of rotatable bonds is 3. The number of alkyl halides is 1. The molecule has 1 aliphatic rings. The average Bonchev–Trinajstić information content (AvgIpc) is 2.78. The number of amides is 1. The quantitative estimate of drug-likeness (QED) is 0.797. The van der Waals surface area contributed by atoms with Gasteiger partial charge < -0.3 is 9.64 Å². The minimum Gasteiger partial charge on any atom is -0.494 e. The van der Waals surface area contributed by atoms with E-state index in [1.807, 2.05) is 4.90 Å². The van der Waals surface area contributed by atoms with Crippen LogP contribution in [0.2, 0.25) is 0 Å². The molecule has 19 heavy (non-hydrogen) atoms. The molecule has 5 heteroatoms. The monoisotopic (exact) mass is 329 g/mol. The molecule has 2 atom stereocenters. The van der Waals surface area contributed by atoms with E-state index in [0.717, 1.165) is 18.3 Å². The lowest BCUT2D eigenvalue weighted by molar-refractivity contribution is 0.0738. The number of halogens is 2. The van der Waals surface area contributed by atoms with Crippen LogP contribution in [0.5, 0.6) is 5.75 Å². The van der Waals surface area contributed by atoms with E-state index < -0.39 is 5.82 Å². The summed E-state index contributed by atoms with van der Waals surface area (Å²) in [7, 11) is 1.41. The zero-order valence-electron chi connectivity index (χ0n) is 11.0. The molecular weight excluding hydrogens is 313 g/mol. The van der Waals surface area contributed by atoms with Crippen LogP contribution in [0.3, 0.4) is 0 Å². The Hall–Kier alpha value is -1.10. The summed E-state index contributed by atoms with van der Waals surface area (Å²) in [5.41, 5.74) is 0.373. The fourth-order valence-corrected chi connectivity index (χ4v) is 3.45. The standard InChI is InChI=1S/C14H17BrFNO2/c1-9-5-6-17(12(9)8-15)14(18)10-3-4-13(19-2)11(16)7-10/h3-4,7,9,12H,5-6,8H2,1-2H3. The SMILES string of the molecule is COc1ccc(C(=O)N2CCC(C)C2CBr)cc1F. The molecule has 1 amide bonds. The smallest absolute Gasteiger partial charge is 0.254 e. The third-order valence-electron chi connectivity index (χ3n) is 3.70. The van der Waals surface area contributed by atoms with Gasteiger partial charge in [0.05, 0.1) is 7.11 Å². The van der Waals surface area contributed by atoms with Gasteiger partial charge in [0.25, 0.3) is 5.91 Å². The fraction of sp³-hybridized carbons (Fsp3) is 0.500. The molecule has 1 aromatic rings. The van der Waals surface area contributed by atoms with Crippen molar-refractivity contribution >= 4 is 21.8 Å². The van der Waals surface area contributed by atoms with E-state index in [1.165, 1.54) is 19.2 Å². The maximum Gasteiger partial charge on any atom is 0.254 e. The highest BCUT2D eigenvalue weighted by atomic mass is 79.9. The molecule has 1 aromatic carbocycles.